The Morgan fingerprint density at radius 1 is 1.35 bits per heavy atom. The molecule has 1 amide bonds. The van der Waals surface area contributed by atoms with Crippen LogP contribution in [-0.4, -0.2) is 23.0 Å². The van der Waals surface area contributed by atoms with Crippen LogP contribution in [0.5, 0.6) is 0 Å². The Hall–Kier alpha value is -1.78. The zero-order valence-electron chi connectivity index (χ0n) is 11.7. The number of hydrogen-bond acceptors (Lipinski definition) is 3. The van der Waals surface area contributed by atoms with Gasteiger partial charge in [-0.05, 0) is 44.7 Å². The summed E-state index contributed by atoms with van der Waals surface area (Å²) >= 11 is 0. The van der Waals surface area contributed by atoms with Gasteiger partial charge < -0.3 is 14.8 Å². The van der Waals surface area contributed by atoms with Crippen molar-refractivity contribution in [3.05, 3.63) is 24.2 Å². The van der Waals surface area contributed by atoms with Crippen molar-refractivity contribution in [1.29, 1.82) is 0 Å². The molecule has 1 aromatic rings. The highest BCUT2D eigenvalue weighted by molar-refractivity contribution is 5.79. The summed E-state index contributed by atoms with van der Waals surface area (Å²) in [5, 5.41) is 11.9. The molecule has 1 fully saturated rings. The smallest absolute Gasteiger partial charge is 0.306 e. The Balaban J connectivity index is 1.76. The molecule has 1 aliphatic carbocycles. The molecule has 2 N–H and O–H groups in total. The third-order valence-electron chi connectivity index (χ3n) is 3.92. The van der Waals surface area contributed by atoms with Gasteiger partial charge in [-0.15, -0.1) is 0 Å². The largest absolute Gasteiger partial charge is 0.481 e. The highest BCUT2D eigenvalue weighted by Crippen LogP contribution is 2.29. The van der Waals surface area contributed by atoms with Gasteiger partial charge in [0.05, 0.1) is 12.2 Å². The molecule has 0 aromatic carbocycles. The van der Waals surface area contributed by atoms with E-state index in [4.69, 9.17) is 9.52 Å². The van der Waals surface area contributed by atoms with Crippen molar-refractivity contribution in [3.63, 3.8) is 0 Å². The minimum Gasteiger partial charge on any atom is -0.481 e. The number of hydrogen-bond donors (Lipinski definition) is 2. The third kappa shape index (κ3) is 3.85. The number of aliphatic carboxylic acids is 1. The van der Waals surface area contributed by atoms with Gasteiger partial charge in [0.2, 0.25) is 5.91 Å². The van der Waals surface area contributed by atoms with Crippen LogP contribution in [-0.2, 0) is 16.0 Å². The van der Waals surface area contributed by atoms with E-state index in [9.17, 15) is 9.59 Å². The summed E-state index contributed by atoms with van der Waals surface area (Å²) in [7, 11) is 0. The van der Waals surface area contributed by atoms with E-state index in [2.05, 4.69) is 5.32 Å². The first-order valence-electron chi connectivity index (χ1n) is 7.12. The molecular formula is C15H21NO4. The Morgan fingerprint density at radius 2 is 2.00 bits per heavy atom. The lowest BCUT2D eigenvalue weighted by atomic mass is 9.81. The molecule has 1 saturated carbocycles. The fourth-order valence-corrected chi connectivity index (χ4v) is 2.74. The van der Waals surface area contributed by atoms with E-state index in [0.29, 0.717) is 32.1 Å². The van der Waals surface area contributed by atoms with Gasteiger partial charge in [-0.25, -0.2) is 0 Å². The first kappa shape index (κ1) is 14.6. The van der Waals surface area contributed by atoms with E-state index in [-0.39, 0.29) is 23.8 Å². The van der Waals surface area contributed by atoms with Gasteiger partial charge in [-0.1, -0.05) is 0 Å². The second-order valence-electron chi connectivity index (χ2n) is 5.58. The zero-order valence-corrected chi connectivity index (χ0v) is 11.7. The first-order valence-corrected chi connectivity index (χ1v) is 7.12. The highest BCUT2D eigenvalue weighted by Gasteiger charge is 2.30. The number of furan rings is 1. The topological polar surface area (TPSA) is 79.5 Å². The van der Waals surface area contributed by atoms with Crippen molar-refractivity contribution in [2.45, 2.75) is 45.1 Å². The SMILES string of the molecule is CC(Cc1ccco1)NC(=O)C1CCC(C(=O)O)CC1. The summed E-state index contributed by atoms with van der Waals surface area (Å²) in [5.41, 5.74) is 0. The molecule has 0 radical (unpaired) electrons. The van der Waals surface area contributed by atoms with Crippen LogP contribution in [0.25, 0.3) is 0 Å². The summed E-state index contributed by atoms with van der Waals surface area (Å²) in [6.45, 7) is 1.95. The predicted molar refractivity (Wildman–Crippen MR) is 73.1 cm³/mol. The lowest BCUT2D eigenvalue weighted by Crippen LogP contribution is -2.40. The maximum Gasteiger partial charge on any atom is 0.306 e. The number of carbonyl (C=O) groups excluding carboxylic acids is 1. The van der Waals surface area contributed by atoms with E-state index in [0.717, 1.165) is 5.76 Å². The molecule has 2 rings (SSSR count). The molecule has 1 aromatic heterocycles. The lowest BCUT2D eigenvalue weighted by Gasteiger charge is -2.26. The van der Waals surface area contributed by atoms with Crippen molar-refractivity contribution in [2.75, 3.05) is 0 Å². The number of rotatable bonds is 5. The average molecular weight is 279 g/mol. The molecule has 1 atom stereocenters. The van der Waals surface area contributed by atoms with Crippen LogP contribution in [0.4, 0.5) is 0 Å². The number of amides is 1. The molecular weight excluding hydrogens is 258 g/mol. The highest BCUT2D eigenvalue weighted by atomic mass is 16.4. The molecule has 5 nitrogen and oxygen atoms in total. The lowest BCUT2D eigenvalue weighted by molar-refractivity contribution is -0.144. The number of nitrogens with one attached hydrogen (secondary N) is 1. The van der Waals surface area contributed by atoms with E-state index < -0.39 is 5.97 Å². The number of carbonyl (C=O) groups is 2. The monoisotopic (exact) mass is 279 g/mol. The molecule has 1 aliphatic rings. The second-order valence-corrected chi connectivity index (χ2v) is 5.58. The zero-order chi connectivity index (χ0) is 14.5. The predicted octanol–water partition coefficient (Wildman–Crippen LogP) is 2.22. The molecule has 110 valence electrons. The van der Waals surface area contributed by atoms with E-state index in [1.165, 1.54) is 0 Å². The first-order chi connectivity index (χ1) is 9.56. The Labute approximate surface area is 118 Å². The van der Waals surface area contributed by atoms with Crippen LogP contribution in [0.2, 0.25) is 0 Å². The molecule has 0 spiro atoms. The van der Waals surface area contributed by atoms with Crippen LogP contribution in [0, 0.1) is 11.8 Å². The molecule has 0 saturated heterocycles. The summed E-state index contributed by atoms with van der Waals surface area (Å²) in [6.07, 6.45) is 4.81. The van der Waals surface area contributed by atoms with Crippen molar-refractivity contribution >= 4 is 11.9 Å². The van der Waals surface area contributed by atoms with Gasteiger partial charge in [-0.3, -0.25) is 9.59 Å². The fraction of sp³-hybridized carbons (Fsp3) is 0.600. The average Bonchev–Trinajstić information content (AvgIpc) is 2.91. The molecule has 1 heterocycles. The molecule has 20 heavy (non-hydrogen) atoms. The normalized spacial score (nSPS) is 24.1. The van der Waals surface area contributed by atoms with Crippen LogP contribution in [0.15, 0.2) is 22.8 Å². The van der Waals surface area contributed by atoms with Crippen molar-refractivity contribution in [2.24, 2.45) is 11.8 Å². The molecule has 0 aliphatic heterocycles. The van der Waals surface area contributed by atoms with Crippen LogP contribution < -0.4 is 5.32 Å². The quantitative estimate of drug-likeness (QED) is 0.866. The van der Waals surface area contributed by atoms with Gasteiger partial charge in [0.25, 0.3) is 0 Å². The maximum absolute atomic E-state index is 12.1. The Kier molecular flexibility index (Phi) is 4.82. The van der Waals surface area contributed by atoms with Crippen molar-refractivity contribution < 1.29 is 19.1 Å². The van der Waals surface area contributed by atoms with E-state index in [1.54, 1.807) is 6.26 Å². The second kappa shape index (κ2) is 6.59. The van der Waals surface area contributed by atoms with Crippen LogP contribution >= 0.6 is 0 Å². The van der Waals surface area contributed by atoms with Gasteiger partial charge >= 0.3 is 5.97 Å². The Morgan fingerprint density at radius 3 is 2.55 bits per heavy atom. The van der Waals surface area contributed by atoms with E-state index >= 15 is 0 Å². The van der Waals surface area contributed by atoms with Gasteiger partial charge in [0.1, 0.15) is 5.76 Å². The number of carboxylic acid groups (broad SMARTS) is 1. The van der Waals surface area contributed by atoms with E-state index in [1.807, 2.05) is 19.1 Å². The fourth-order valence-electron chi connectivity index (χ4n) is 2.74. The minimum absolute atomic E-state index is 0.0193. The summed E-state index contributed by atoms with van der Waals surface area (Å²) < 4.78 is 5.26. The van der Waals surface area contributed by atoms with Crippen molar-refractivity contribution in [3.8, 4) is 0 Å². The third-order valence-corrected chi connectivity index (χ3v) is 3.92. The molecule has 5 heteroatoms. The summed E-state index contributed by atoms with van der Waals surface area (Å²) in [6, 6.07) is 3.74. The van der Waals surface area contributed by atoms with Gasteiger partial charge in [0, 0.05) is 18.4 Å². The van der Waals surface area contributed by atoms with Crippen molar-refractivity contribution in [1.82, 2.24) is 5.32 Å². The van der Waals surface area contributed by atoms with Crippen LogP contribution in [0.3, 0.4) is 0 Å². The summed E-state index contributed by atoms with van der Waals surface area (Å²) in [4.78, 5) is 23.0. The van der Waals surface area contributed by atoms with Crippen LogP contribution in [0.1, 0.15) is 38.4 Å². The minimum atomic E-state index is -0.741. The molecule has 1 unspecified atom stereocenters. The molecule has 0 bridgehead atoms. The number of carboxylic acids is 1. The summed E-state index contributed by atoms with van der Waals surface area (Å²) in [5.74, 6) is -0.181. The van der Waals surface area contributed by atoms with Gasteiger partial charge in [-0.2, -0.15) is 0 Å². The van der Waals surface area contributed by atoms with Gasteiger partial charge in [0.15, 0.2) is 0 Å². The Bertz CT molecular complexity index is 446. The maximum atomic E-state index is 12.1. The standard InChI is InChI=1S/C15H21NO4/c1-10(9-13-3-2-8-20-13)16-14(17)11-4-6-12(7-5-11)15(18)19/h2-3,8,10-12H,4-7,9H2,1H3,(H,16,17)(H,18,19).